The molecular weight excluding hydrogens is 228 g/mol. The van der Waals surface area contributed by atoms with Crippen molar-refractivity contribution in [3.05, 3.63) is 34.3 Å². The zero-order valence-corrected chi connectivity index (χ0v) is 8.92. The van der Waals surface area contributed by atoms with Crippen LogP contribution < -0.4 is 11.5 Å². The van der Waals surface area contributed by atoms with Gasteiger partial charge in [-0.3, -0.25) is 0 Å². The van der Waals surface area contributed by atoms with Crippen molar-refractivity contribution >= 4 is 27.7 Å². The van der Waals surface area contributed by atoms with E-state index >= 15 is 0 Å². The SMILES string of the molecule is NCCC=Cc1cc(Br)ccc1N. The first-order valence-electron chi connectivity index (χ1n) is 4.15. The maximum Gasteiger partial charge on any atom is 0.0388 e. The molecule has 0 aliphatic carbocycles. The highest BCUT2D eigenvalue weighted by molar-refractivity contribution is 9.10. The third-order valence-corrected chi connectivity index (χ3v) is 2.17. The summed E-state index contributed by atoms with van der Waals surface area (Å²) in [6.07, 6.45) is 4.90. The zero-order chi connectivity index (χ0) is 9.68. The second-order valence-electron chi connectivity index (χ2n) is 2.75. The van der Waals surface area contributed by atoms with Crippen LogP contribution in [0.5, 0.6) is 0 Å². The highest BCUT2D eigenvalue weighted by atomic mass is 79.9. The molecule has 0 radical (unpaired) electrons. The predicted molar refractivity (Wildman–Crippen MR) is 61.3 cm³/mol. The largest absolute Gasteiger partial charge is 0.398 e. The molecule has 13 heavy (non-hydrogen) atoms. The van der Waals surface area contributed by atoms with Gasteiger partial charge in [-0.2, -0.15) is 0 Å². The lowest BCUT2D eigenvalue weighted by Crippen LogP contribution is -1.95. The van der Waals surface area contributed by atoms with Crippen LogP contribution in [0.4, 0.5) is 5.69 Å². The van der Waals surface area contributed by atoms with Gasteiger partial charge in [-0.25, -0.2) is 0 Å². The maximum absolute atomic E-state index is 5.77. The van der Waals surface area contributed by atoms with Crippen LogP contribution in [-0.2, 0) is 0 Å². The summed E-state index contributed by atoms with van der Waals surface area (Å²) in [6.45, 7) is 0.671. The number of rotatable bonds is 3. The van der Waals surface area contributed by atoms with E-state index < -0.39 is 0 Å². The van der Waals surface area contributed by atoms with E-state index in [-0.39, 0.29) is 0 Å². The molecule has 0 fully saturated rings. The van der Waals surface area contributed by atoms with Crippen LogP contribution in [0.3, 0.4) is 0 Å². The fraction of sp³-hybridized carbons (Fsp3) is 0.200. The van der Waals surface area contributed by atoms with E-state index in [1.54, 1.807) is 0 Å². The quantitative estimate of drug-likeness (QED) is 0.798. The summed E-state index contributed by atoms with van der Waals surface area (Å²) in [5.41, 5.74) is 13.0. The van der Waals surface area contributed by atoms with Gasteiger partial charge in [-0.15, -0.1) is 0 Å². The molecule has 0 aliphatic heterocycles. The zero-order valence-electron chi connectivity index (χ0n) is 7.33. The number of benzene rings is 1. The Labute approximate surface area is 86.7 Å². The van der Waals surface area contributed by atoms with Gasteiger partial charge in [0.25, 0.3) is 0 Å². The molecule has 0 bridgehead atoms. The van der Waals surface area contributed by atoms with E-state index in [2.05, 4.69) is 15.9 Å². The van der Waals surface area contributed by atoms with E-state index in [9.17, 15) is 0 Å². The number of anilines is 1. The lowest BCUT2D eigenvalue weighted by Gasteiger charge is -2.00. The van der Waals surface area contributed by atoms with Crippen LogP contribution in [0.15, 0.2) is 28.7 Å². The first-order valence-corrected chi connectivity index (χ1v) is 4.95. The Morgan fingerprint density at radius 3 is 2.85 bits per heavy atom. The summed E-state index contributed by atoms with van der Waals surface area (Å²) >= 11 is 3.39. The van der Waals surface area contributed by atoms with Crippen LogP contribution in [-0.4, -0.2) is 6.54 Å². The third-order valence-electron chi connectivity index (χ3n) is 1.68. The molecule has 0 amide bonds. The van der Waals surface area contributed by atoms with Gasteiger partial charge in [-0.1, -0.05) is 28.1 Å². The second-order valence-corrected chi connectivity index (χ2v) is 3.67. The molecule has 1 aromatic rings. The van der Waals surface area contributed by atoms with Gasteiger partial charge in [0.2, 0.25) is 0 Å². The highest BCUT2D eigenvalue weighted by Gasteiger charge is 1.94. The Bertz CT molecular complexity index is 308. The molecule has 0 aromatic heterocycles. The van der Waals surface area contributed by atoms with Crippen LogP contribution in [0.25, 0.3) is 6.08 Å². The molecule has 0 heterocycles. The smallest absolute Gasteiger partial charge is 0.0388 e. The van der Waals surface area contributed by atoms with Crippen molar-refractivity contribution in [2.24, 2.45) is 5.73 Å². The fourth-order valence-corrected chi connectivity index (χ4v) is 1.38. The van der Waals surface area contributed by atoms with Crippen LogP contribution in [0.1, 0.15) is 12.0 Å². The van der Waals surface area contributed by atoms with E-state index in [1.807, 2.05) is 30.4 Å². The van der Waals surface area contributed by atoms with Crippen molar-refractivity contribution in [3.8, 4) is 0 Å². The first kappa shape index (κ1) is 10.3. The van der Waals surface area contributed by atoms with Gasteiger partial charge >= 0.3 is 0 Å². The fourth-order valence-electron chi connectivity index (χ4n) is 0.996. The number of nitrogen functional groups attached to an aromatic ring is 1. The summed E-state index contributed by atoms with van der Waals surface area (Å²) in [7, 11) is 0. The Morgan fingerprint density at radius 2 is 2.15 bits per heavy atom. The van der Waals surface area contributed by atoms with Crippen LogP contribution >= 0.6 is 15.9 Å². The molecule has 0 spiro atoms. The molecule has 0 unspecified atom stereocenters. The topological polar surface area (TPSA) is 52.0 Å². The lowest BCUT2D eigenvalue weighted by molar-refractivity contribution is 1.01. The van der Waals surface area contributed by atoms with Crippen molar-refractivity contribution in [1.29, 1.82) is 0 Å². The summed E-state index contributed by atoms with van der Waals surface area (Å²) in [5, 5.41) is 0. The third kappa shape index (κ3) is 3.20. The van der Waals surface area contributed by atoms with E-state index in [0.29, 0.717) is 6.54 Å². The van der Waals surface area contributed by atoms with Crippen LogP contribution in [0.2, 0.25) is 0 Å². The van der Waals surface area contributed by atoms with Crippen molar-refractivity contribution < 1.29 is 0 Å². The predicted octanol–water partition coefficient (Wildman–Crippen LogP) is 2.39. The number of hydrogen-bond acceptors (Lipinski definition) is 2. The molecule has 3 heteroatoms. The number of halogens is 1. The summed E-state index contributed by atoms with van der Waals surface area (Å²) < 4.78 is 1.04. The minimum absolute atomic E-state index is 0.671. The van der Waals surface area contributed by atoms with Crippen molar-refractivity contribution in [2.75, 3.05) is 12.3 Å². The van der Waals surface area contributed by atoms with Gasteiger partial charge in [0, 0.05) is 10.2 Å². The highest BCUT2D eigenvalue weighted by Crippen LogP contribution is 2.19. The Morgan fingerprint density at radius 1 is 1.38 bits per heavy atom. The van der Waals surface area contributed by atoms with Crippen LogP contribution in [0, 0.1) is 0 Å². The normalized spacial score (nSPS) is 10.9. The molecule has 0 atom stereocenters. The Balaban J connectivity index is 2.81. The molecule has 0 saturated heterocycles. The van der Waals surface area contributed by atoms with Gasteiger partial charge in [0.05, 0.1) is 0 Å². The standard InChI is InChI=1S/C10H13BrN2/c11-9-4-5-10(13)8(7-9)3-1-2-6-12/h1,3-5,7H,2,6,12-13H2. The second kappa shape index (κ2) is 5.04. The molecule has 0 aliphatic rings. The van der Waals surface area contributed by atoms with E-state index in [0.717, 1.165) is 22.1 Å². The molecular formula is C10H13BrN2. The average Bonchev–Trinajstić information content (AvgIpc) is 2.11. The molecule has 70 valence electrons. The summed E-state index contributed by atoms with van der Waals surface area (Å²) in [4.78, 5) is 0. The molecule has 4 N–H and O–H groups in total. The van der Waals surface area contributed by atoms with Gasteiger partial charge < -0.3 is 11.5 Å². The molecule has 0 saturated carbocycles. The summed E-state index contributed by atoms with van der Waals surface area (Å²) in [6, 6.07) is 5.80. The lowest BCUT2D eigenvalue weighted by atomic mass is 10.1. The minimum atomic E-state index is 0.671. The first-order chi connectivity index (χ1) is 6.24. The molecule has 2 nitrogen and oxygen atoms in total. The van der Waals surface area contributed by atoms with Gasteiger partial charge in [0.1, 0.15) is 0 Å². The average molecular weight is 241 g/mol. The Hall–Kier alpha value is -0.800. The van der Waals surface area contributed by atoms with Crippen molar-refractivity contribution in [1.82, 2.24) is 0 Å². The maximum atomic E-state index is 5.77. The summed E-state index contributed by atoms with van der Waals surface area (Å²) in [5.74, 6) is 0. The molecule has 1 rings (SSSR count). The van der Waals surface area contributed by atoms with Crippen molar-refractivity contribution in [2.45, 2.75) is 6.42 Å². The van der Waals surface area contributed by atoms with Gasteiger partial charge in [0.15, 0.2) is 0 Å². The monoisotopic (exact) mass is 240 g/mol. The minimum Gasteiger partial charge on any atom is -0.398 e. The number of hydrogen-bond donors (Lipinski definition) is 2. The number of nitrogens with two attached hydrogens (primary N) is 2. The Kier molecular flexibility index (Phi) is 3.99. The van der Waals surface area contributed by atoms with Crippen molar-refractivity contribution in [3.63, 3.8) is 0 Å². The van der Waals surface area contributed by atoms with E-state index in [4.69, 9.17) is 11.5 Å². The molecule has 1 aromatic carbocycles. The van der Waals surface area contributed by atoms with E-state index in [1.165, 1.54) is 0 Å². The van der Waals surface area contributed by atoms with Gasteiger partial charge in [-0.05, 0) is 36.7 Å².